The number of aliphatic imine (C=N–C) groups is 2. The molecular formula is C20H16ClN5. The van der Waals surface area contributed by atoms with Gasteiger partial charge >= 0.3 is 0 Å². The van der Waals surface area contributed by atoms with Gasteiger partial charge in [0, 0.05) is 6.54 Å². The molecule has 0 N–H and O–H groups in total. The first kappa shape index (κ1) is 15.3. The van der Waals surface area contributed by atoms with Crippen LogP contribution < -0.4 is 0 Å². The van der Waals surface area contributed by atoms with Gasteiger partial charge in [-0.1, -0.05) is 48.5 Å². The summed E-state index contributed by atoms with van der Waals surface area (Å²) >= 11 is 6.48. The van der Waals surface area contributed by atoms with Crippen molar-refractivity contribution >= 4 is 28.5 Å². The molecule has 0 aliphatic carbocycles. The van der Waals surface area contributed by atoms with E-state index >= 15 is 0 Å². The molecule has 0 saturated heterocycles. The molecule has 2 aromatic carbocycles. The van der Waals surface area contributed by atoms with Crippen molar-refractivity contribution in [2.45, 2.75) is 12.5 Å². The van der Waals surface area contributed by atoms with Crippen molar-refractivity contribution < 1.29 is 0 Å². The van der Waals surface area contributed by atoms with Crippen LogP contribution >= 0.6 is 11.6 Å². The van der Waals surface area contributed by atoms with Crippen molar-refractivity contribution in [3.8, 4) is 5.69 Å². The minimum Gasteiger partial charge on any atom is -0.299 e. The van der Waals surface area contributed by atoms with Gasteiger partial charge in [0.2, 0.25) is 5.29 Å². The fraction of sp³-hybridized carbons (Fsp3) is 0.150. The van der Waals surface area contributed by atoms with Gasteiger partial charge in [0.25, 0.3) is 0 Å². The molecule has 0 saturated carbocycles. The van der Waals surface area contributed by atoms with Crippen LogP contribution in [0.2, 0.25) is 0 Å². The van der Waals surface area contributed by atoms with Crippen LogP contribution in [0.4, 0.5) is 5.82 Å². The van der Waals surface area contributed by atoms with Gasteiger partial charge in [-0.15, -0.1) is 0 Å². The molecule has 0 bridgehead atoms. The van der Waals surface area contributed by atoms with Gasteiger partial charge in [-0.2, -0.15) is 10.1 Å². The lowest BCUT2D eigenvalue weighted by molar-refractivity contribution is 0.573. The molecule has 26 heavy (non-hydrogen) atoms. The molecule has 128 valence electrons. The summed E-state index contributed by atoms with van der Waals surface area (Å²) < 4.78 is 1.81. The molecule has 6 heteroatoms. The maximum absolute atomic E-state index is 6.48. The number of aromatic nitrogens is 2. The van der Waals surface area contributed by atoms with E-state index in [2.05, 4.69) is 34.4 Å². The van der Waals surface area contributed by atoms with E-state index < -0.39 is 0 Å². The highest BCUT2D eigenvalue weighted by molar-refractivity contribution is 6.66. The fourth-order valence-corrected chi connectivity index (χ4v) is 3.70. The summed E-state index contributed by atoms with van der Waals surface area (Å²) in [7, 11) is 0. The molecule has 0 spiro atoms. The molecule has 0 unspecified atom stereocenters. The van der Waals surface area contributed by atoms with E-state index in [1.54, 1.807) is 0 Å². The third-order valence-corrected chi connectivity index (χ3v) is 4.96. The number of amidine groups is 2. The summed E-state index contributed by atoms with van der Waals surface area (Å²) in [4.78, 5) is 11.5. The average molecular weight is 362 g/mol. The number of para-hydroxylation sites is 1. The summed E-state index contributed by atoms with van der Waals surface area (Å²) in [5, 5.41) is 4.96. The zero-order valence-corrected chi connectivity index (χ0v) is 14.7. The molecule has 1 aromatic heterocycles. The minimum absolute atomic E-state index is 0.155. The third kappa shape index (κ3) is 2.52. The quantitative estimate of drug-likeness (QED) is 0.666. The topological polar surface area (TPSA) is 45.8 Å². The predicted octanol–water partition coefficient (Wildman–Crippen LogP) is 3.79. The first-order chi connectivity index (χ1) is 12.8. The van der Waals surface area contributed by atoms with Crippen molar-refractivity contribution in [2.75, 3.05) is 6.54 Å². The van der Waals surface area contributed by atoms with Crippen LogP contribution in [-0.4, -0.2) is 38.4 Å². The zero-order chi connectivity index (χ0) is 17.5. The van der Waals surface area contributed by atoms with E-state index in [0.717, 1.165) is 35.9 Å². The van der Waals surface area contributed by atoms with Gasteiger partial charge in [-0.3, -0.25) is 9.89 Å². The molecule has 0 fully saturated rings. The Labute approximate surface area is 156 Å². The van der Waals surface area contributed by atoms with Crippen LogP contribution in [0.15, 0.2) is 76.8 Å². The van der Waals surface area contributed by atoms with Gasteiger partial charge in [-0.05, 0) is 35.7 Å². The number of rotatable bonds is 3. The molecule has 2 aliphatic rings. The predicted molar refractivity (Wildman–Crippen MR) is 104 cm³/mol. The fourth-order valence-electron chi connectivity index (χ4n) is 3.47. The first-order valence-electron chi connectivity index (χ1n) is 8.57. The second kappa shape index (κ2) is 6.11. The Balaban J connectivity index is 1.52. The molecule has 5 nitrogen and oxygen atoms in total. The van der Waals surface area contributed by atoms with E-state index in [-0.39, 0.29) is 6.04 Å². The second-order valence-electron chi connectivity index (χ2n) is 6.42. The standard InChI is InChI=1S/C20H16ClN5/c21-20-24-19-17(12-22-26(19)16-9-5-2-6-10-16)18-23-15(13-25(18)20)11-14-7-3-1-4-8-14/h1-10,12,15H,11,13H2/t15-/m0/s1. The summed E-state index contributed by atoms with van der Waals surface area (Å²) in [5.41, 5.74) is 3.15. The Bertz CT molecular complexity index is 1010. The number of halogens is 1. The van der Waals surface area contributed by atoms with Crippen LogP contribution in [0.25, 0.3) is 5.69 Å². The smallest absolute Gasteiger partial charge is 0.206 e. The number of nitrogens with zero attached hydrogens (tertiary/aromatic N) is 5. The van der Waals surface area contributed by atoms with Crippen LogP contribution in [0.5, 0.6) is 0 Å². The Morgan fingerprint density at radius 3 is 2.50 bits per heavy atom. The van der Waals surface area contributed by atoms with Gasteiger partial charge in [0.15, 0.2) is 5.82 Å². The molecule has 1 atom stereocenters. The van der Waals surface area contributed by atoms with Crippen LogP contribution in [-0.2, 0) is 6.42 Å². The van der Waals surface area contributed by atoms with Crippen molar-refractivity contribution in [3.05, 3.63) is 78.0 Å². The van der Waals surface area contributed by atoms with E-state index in [9.17, 15) is 0 Å². The minimum atomic E-state index is 0.155. The van der Waals surface area contributed by atoms with Crippen molar-refractivity contribution in [1.82, 2.24) is 14.7 Å². The molecule has 3 aromatic rings. The van der Waals surface area contributed by atoms with E-state index in [1.807, 2.05) is 52.2 Å². The highest BCUT2D eigenvalue weighted by Gasteiger charge is 2.35. The second-order valence-corrected chi connectivity index (χ2v) is 6.75. The van der Waals surface area contributed by atoms with E-state index in [0.29, 0.717) is 5.29 Å². The number of hydrogen-bond donors (Lipinski definition) is 0. The largest absolute Gasteiger partial charge is 0.299 e. The van der Waals surface area contributed by atoms with Crippen LogP contribution in [0.3, 0.4) is 0 Å². The number of fused-ring (bicyclic) bond motifs is 3. The highest BCUT2D eigenvalue weighted by atomic mass is 35.5. The van der Waals surface area contributed by atoms with Gasteiger partial charge < -0.3 is 0 Å². The Morgan fingerprint density at radius 1 is 1.00 bits per heavy atom. The highest BCUT2D eigenvalue weighted by Crippen LogP contribution is 2.33. The molecule has 3 heterocycles. The van der Waals surface area contributed by atoms with Crippen LogP contribution in [0.1, 0.15) is 11.1 Å². The lowest BCUT2D eigenvalue weighted by Crippen LogP contribution is -2.35. The maximum atomic E-state index is 6.48. The van der Waals surface area contributed by atoms with Crippen molar-refractivity contribution in [3.63, 3.8) is 0 Å². The Hall–Kier alpha value is -2.92. The Kier molecular flexibility index (Phi) is 3.60. The summed E-state index contributed by atoms with van der Waals surface area (Å²) in [6.45, 7) is 0.739. The third-order valence-electron chi connectivity index (χ3n) is 4.67. The lowest BCUT2D eigenvalue weighted by Gasteiger charge is -2.22. The molecule has 5 rings (SSSR count). The molecular weight excluding hydrogens is 346 g/mol. The van der Waals surface area contributed by atoms with Crippen molar-refractivity contribution in [2.24, 2.45) is 9.98 Å². The van der Waals surface area contributed by atoms with Crippen molar-refractivity contribution in [1.29, 1.82) is 0 Å². The number of hydrogen-bond acceptors (Lipinski definition) is 4. The lowest BCUT2D eigenvalue weighted by atomic mass is 10.1. The zero-order valence-electron chi connectivity index (χ0n) is 14.0. The summed E-state index contributed by atoms with van der Waals surface area (Å²) in [5.74, 6) is 1.60. The van der Waals surface area contributed by atoms with Gasteiger partial charge in [0.05, 0.1) is 23.5 Å². The number of benzene rings is 2. The van der Waals surface area contributed by atoms with Crippen LogP contribution in [0, 0.1) is 0 Å². The average Bonchev–Trinajstić information content (AvgIpc) is 3.28. The van der Waals surface area contributed by atoms with Gasteiger partial charge in [-0.25, -0.2) is 4.68 Å². The van der Waals surface area contributed by atoms with E-state index in [4.69, 9.17) is 16.6 Å². The Morgan fingerprint density at radius 2 is 1.73 bits per heavy atom. The summed E-state index contributed by atoms with van der Waals surface area (Å²) in [6.07, 6.45) is 2.71. The molecule has 0 radical (unpaired) electrons. The summed E-state index contributed by atoms with van der Waals surface area (Å²) in [6, 6.07) is 20.5. The monoisotopic (exact) mass is 361 g/mol. The van der Waals surface area contributed by atoms with Gasteiger partial charge in [0.1, 0.15) is 5.84 Å². The maximum Gasteiger partial charge on any atom is 0.206 e. The molecule has 2 aliphatic heterocycles. The molecule has 0 amide bonds. The SMILES string of the molecule is ClC1=Nc2c(cnn2-c2ccccc2)C2=N[C@@H](Cc3ccccc3)CN12. The normalized spacial score (nSPS) is 18.2. The first-order valence-corrected chi connectivity index (χ1v) is 8.94. The van der Waals surface area contributed by atoms with E-state index in [1.165, 1.54) is 5.56 Å².